The summed E-state index contributed by atoms with van der Waals surface area (Å²) >= 11 is 1.44. The molecule has 0 unspecified atom stereocenters. The highest BCUT2D eigenvalue weighted by Gasteiger charge is 2.12. The Balaban J connectivity index is 1.56. The third-order valence-corrected chi connectivity index (χ3v) is 5.65. The van der Waals surface area contributed by atoms with E-state index in [4.69, 9.17) is 0 Å². The van der Waals surface area contributed by atoms with E-state index in [1.165, 1.54) is 11.3 Å². The van der Waals surface area contributed by atoms with Crippen molar-refractivity contribution < 1.29 is 8.42 Å². The average molecular weight is 359 g/mol. The summed E-state index contributed by atoms with van der Waals surface area (Å²) in [6.45, 7) is 0.215. The molecule has 7 heteroatoms. The molecule has 0 aliphatic carbocycles. The molecule has 0 fully saturated rings. The van der Waals surface area contributed by atoms with Crippen molar-refractivity contribution in [3.05, 3.63) is 70.8 Å². The van der Waals surface area contributed by atoms with Crippen molar-refractivity contribution in [3.8, 4) is 11.3 Å². The summed E-state index contributed by atoms with van der Waals surface area (Å²) in [4.78, 5) is 8.44. The zero-order valence-corrected chi connectivity index (χ0v) is 14.6. The maximum Gasteiger partial charge on any atom is 0.212 e. The Labute approximate surface area is 145 Å². The molecular weight excluding hydrogens is 342 g/mol. The molecule has 0 amide bonds. The van der Waals surface area contributed by atoms with E-state index in [0.717, 1.165) is 21.8 Å². The molecule has 1 aromatic carbocycles. The minimum atomic E-state index is -3.33. The summed E-state index contributed by atoms with van der Waals surface area (Å²) in [5.41, 5.74) is 2.82. The number of nitrogens with zero attached hydrogens (tertiary/aromatic N) is 2. The summed E-state index contributed by atoms with van der Waals surface area (Å²) in [7, 11) is -3.33. The topological polar surface area (TPSA) is 72.0 Å². The van der Waals surface area contributed by atoms with Crippen LogP contribution in [0.3, 0.4) is 0 Å². The van der Waals surface area contributed by atoms with Crippen LogP contribution >= 0.6 is 11.3 Å². The van der Waals surface area contributed by atoms with E-state index in [1.54, 1.807) is 12.4 Å². The molecule has 0 spiro atoms. The quantitative estimate of drug-likeness (QED) is 0.704. The van der Waals surface area contributed by atoms with Gasteiger partial charge >= 0.3 is 0 Å². The van der Waals surface area contributed by atoms with E-state index < -0.39 is 10.0 Å². The van der Waals surface area contributed by atoms with Crippen LogP contribution in [0.5, 0.6) is 0 Å². The number of hydrogen-bond acceptors (Lipinski definition) is 5. The van der Waals surface area contributed by atoms with Gasteiger partial charge in [0.15, 0.2) is 0 Å². The van der Waals surface area contributed by atoms with Gasteiger partial charge in [-0.3, -0.25) is 4.98 Å². The monoisotopic (exact) mass is 359 g/mol. The molecule has 0 aliphatic heterocycles. The summed E-state index contributed by atoms with van der Waals surface area (Å²) in [6.07, 6.45) is 3.91. The Morgan fingerprint density at radius 2 is 1.79 bits per heavy atom. The van der Waals surface area contributed by atoms with Crippen LogP contribution in [0, 0.1) is 0 Å². The maximum atomic E-state index is 12.1. The van der Waals surface area contributed by atoms with Crippen LogP contribution in [0.4, 0.5) is 0 Å². The van der Waals surface area contributed by atoms with Crippen molar-refractivity contribution in [3.63, 3.8) is 0 Å². The Kier molecular flexibility index (Phi) is 5.34. The highest BCUT2D eigenvalue weighted by atomic mass is 32.2. The summed E-state index contributed by atoms with van der Waals surface area (Å²) in [5, 5.41) is 2.66. The van der Waals surface area contributed by atoms with Crippen LogP contribution in [-0.2, 0) is 23.0 Å². The van der Waals surface area contributed by atoms with Gasteiger partial charge < -0.3 is 0 Å². The molecular formula is C17H17N3O2S2. The second-order valence-corrected chi connectivity index (χ2v) is 8.11. The van der Waals surface area contributed by atoms with Crippen LogP contribution in [0.1, 0.15) is 10.6 Å². The highest BCUT2D eigenvalue weighted by Crippen LogP contribution is 2.21. The molecule has 0 bridgehead atoms. The number of pyridine rings is 1. The van der Waals surface area contributed by atoms with Gasteiger partial charge in [-0.2, -0.15) is 0 Å². The smallest absolute Gasteiger partial charge is 0.212 e. The SMILES string of the molecule is O=S(=O)(CCc1ccccc1)NCc1nc(-c2ccncc2)cs1. The molecule has 2 heterocycles. The van der Waals surface area contributed by atoms with Crippen LogP contribution in [0.15, 0.2) is 60.2 Å². The number of thiazole rings is 1. The zero-order chi connectivity index (χ0) is 16.8. The molecule has 3 rings (SSSR count). The fourth-order valence-corrected chi connectivity index (χ4v) is 4.03. The van der Waals surface area contributed by atoms with E-state index in [1.807, 2.05) is 47.8 Å². The van der Waals surface area contributed by atoms with Gasteiger partial charge in [0.25, 0.3) is 0 Å². The number of aromatic nitrogens is 2. The van der Waals surface area contributed by atoms with Gasteiger partial charge in [-0.25, -0.2) is 18.1 Å². The first-order valence-electron chi connectivity index (χ1n) is 7.48. The van der Waals surface area contributed by atoms with Gasteiger partial charge in [0, 0.05) is 23.3 Å². The van der Waals surface area contributed by atoms with Gasteiger partial charge in [-0.15, -0.1) is 11.3 Å². The second-order valence-electron chi connectivity index (χ2n) is 5.24. The number of rotatable bonds is 7. The van der Waals surface area contributed by atoms with E-state index in [-0.39, 0.29) is 12.3 Å². The van der Waals surface area contributed by atoms with E-state index >= 15 is 0 Å². The number of benzene rings is 1. The third-order valence-electron chi connectivity index (χ3n) is 3.47. The van der Waals surface area contributed by atoms with Crippen LogP contribution in [-0.4, -0.2) is 24.1 Å². The number of hydrogen-bond donors (Lipinski definition) is 1. The van der Waals surface area contributed by atoms with Crippen LogP contribution in [0.25, 0.3) is 11.3 Å². The minimum absolute atomic E-state index is 0.0690. The van der Waals surface area contributed by atoms with Gasteiger partial charge in [-0.05, 0) is 24.1 Å². The Morgan fingerprint density at radius 3 is 2.54 bits per heavy atom. The number of sulfonamides is 1. The maximum absolute atomic E-state index is 12.1. The molecule has 5 nitrogen and oxygen atoms in total. The second kappa shape index (κ2) is 7.65. The lowest BCUT2D eigenvalue weighted by atomic mass is 10.2. The Morgan fingerprint density at radius 1 is 1.04 bits per heavy atom. The van der Waals surface area contributed by atoms with Gasteiger partial charge in [0.1, 0.15) is 5.01 Å². The van der Waals surface area contributed by atoms with Crippen molar-refractivity contribution in [1.82, 2.24) is 14.7 Å². The summed E-state index contributed by atoms with van der Waals surface area (Å²) in [5.74, 6) is 0.0690. The van der Waals surface area contributed by atoms with Crippen molar-refractivity contribution in [1.29, 1.82) is 0 Å². The lowest BCUT2D eigenvalue weighted by molar-refractivity contribution is 0.580. The van der Waals surface area contributed by atoms with E-state index in [0.29, 0.717) is 6.42 Å². The largest absolute Gasteiger partial charge is 0.265 e. The van der Waals surface area contributed by atoms with Crippen LogP contribution < -0.4 is 4.72 Å². The lowest BCUT2D eigenvalue weighted by Crippen LogP contribution is -2.26. The predicted octanol–water partition coefficient (Wildman–Crippen LogP) is 2.87. The third kappa shape index (κ3) is 4.70. The molecule has 3 aromatic rings. The molecule has 0 atom stereocenters. The molecule has 0 saturated carbocycles. The zero-order valence-electron chi connectivity index (χ0n) is 12.9. The van der Waals surface area contributed by atoms with Gasteiger partial charge in [0.2, 0.25) is 10.0 Å². The van der Waals surface area contributed by atoms with Gasteiger partial charge in [-0.1, -0.05) is 30.3 Å². The van der Waals surface area contributed by atoms with Gasteiger partial charge in [0.05, 0.1) is 18.0 Å². The molecule has 1 N–H and O–H groups in total. The fourth-order valence-electron chi connectivity index (χ4n) is 2.19. The normalized spacial score (nSPS) is 11.5. The molecule has 124 valence electrons. The molecule has 24 heavy (non-hydrogen) atoms. The van der Waals surface area contributed by atoms with E-state index in [2.05, 4.69) is 14.7 Å². The first kappa shape index (κ1) is 16.8. The standard InChI is InChI=1S/C17H17N3O2S2/c21-24(22,11-8-14-4-2-1-3-5-14)19-12-17-20-16(13-23-17)15-6-9-18-10-7-15/h1-7,9-10,13,19H,8,11-12H2. The highest BCUT2D eigenvalue weighted by molar-refractivity contribution is 7.89. The minimum Gasteiger partial charge on any atom is -0.265 e. The molecule has 0 radical (unpaired) electrons. The van der Waals surface area contributed by atoms with Crippen molar-refractivity contribution >= 4 is 21.4 Å². The first-order valence-corrected chi connectivity index (χ1v) is 10.0. The fraction of sp³-hybridized carbons (Fsp3) is 0.176. The number of nitrogens with one attached hydrogen (secondary N) is 1. The number of aryl methyl sites for hydroxylation is 1. The molecule has 0 saturated heterocycles. The first-order chi connectivity index (χ1) is 11.6. The van der Waals surface area contributed by atoms with Crippen molar-refractivity contribution in [2.24, 2.45) is 0 Å². The predicted molar refractivity (Wildman–Crippen MR) is 96.1 cm³/mol. The Bertz CT molecular complexity index is 878. The van der Waals surface area contributed by atoms with Crippen LogP contribution in [0.2, 0.25) is 0 Å². The van der Waals surface area contributed by atoms with Crippen molar-refractivity contribution in [2.45, 2.75) is 13.0 Å². The lowest BCUT2D eigenvalue weighted by Gasteiger charge is -2.05. The van der Waals surface area contributed by atoms with Crippen molar-refractivity contribution in [2.75, 3.05) is 5.75 Å². The Hall–Kier alpha value is -2.09. The van der Waals surface area contributed by atoms with E-state index in [9.17, 15) is 8.42 Å². The summed E-state index contributed by atoms with van der Waals surface area (Å²) < 4.78 is 26.8. The molecule has 2 aromatic heterocycles. The average Bonchev–Trinajstić information content (AvgIpc) is 3.09. The summed E-state index contributed by atoms with van der Waals surface area (Å²) in [6, 6.07) is 13.3. The molecule has 0 aliphatic rings.